The lowest BCUT2D eigenvalue weighted by Crippen LogP contribution is -2.24. The van der Waals surface area contributed by atoms with Crippen molar-refractivity contribution in [3.63, 3.8) is 0 Å². The second-order valence-electron chi connectivity index (χ2n) is 8.40. The quantitative estimate of drug-likeness (QED) is 0.580. The minimum atomic E-state index is -0.357. The first-order valence-electron chi connectivity index (χ1n) is 10.8. The number of aromatic nitrogens is 5. The Labute approximate surface area is 183 Å². The maximum absolute atomic E-state index is 12.2. The van der Waals surface area contributed by atoms with Gasteiger partial charge in [0.05, 0.1) is 36.4 Å². The van der Waals surface area contributed by atoms with E-state index in [-0.39, 0.29) is 17.9 Å². The van der Waals surface area contributed by atoms with E-state index in [4.69, 9.17) is 14.8 Å². The fourth-order valence-electron chi connectivity index (χ4n) is 3.78. The number of fused-ring (bicyclic) bond motifs is 1. The molecule has 2 saturated carbocycles. The standard InChI is InChI=1S/C21H22N8O3/c30-20(13-3-4-13)26-18-8-17(23-11-24-18)22-9-14-10-29-19(25-14)16(28-5-6-32-21(28)31)7-15(27-29)12-1-2-12/h7-8,10-13H,1-6,9H2,(H2,22,23,24,26,30). The van der Waals surface area contributed by atoms with Crippen LogP contribution in [0.2, 0.25) is 0 Å². The average molecular weight is 434 g/mol. The van der Waals surface area contributed by atoms with E-state index in [1.54, 1.807) is 15.5 Å². The predicted octanol–water partition coefficient (Wildman–Crippen LogP) is 2.31. The third-order valence-electron chi connectivity index (χ3n) is 5.84. The van der Waals surface area contributed by atoms with Crippen molar-refractivity contribution < 1.29 is 14.3 Å². The lowest BCUT2D eigenvalue weighted by atomic mass is 10.2. The molecule has 3 fully saturated rings. The Morgan fingerprint density at radius 2 is 2.00 bits per heavy atom. The molecule has 6 rings (SSSR count). The van der Waals surface area contributed by atoms with Crippen molar-refractivity contribution in [3.05, 3.63) is 36.0 Å². The van der Waals surface area contributed by atoms with Gasteiger partial charge in [0.15, 0.2) is 5.65 Å². The number of amides is 2. The summed E-state index contributed by atoms with van der Waals surface area (Å²) < 4.78 is 6.87. The number of nitrogens with zero attached hydrogens (tertiary/aromatic N) is 6. The smallest absolute Gasteiger partial charge is 0.414 e. The van der Waals surface area contributed by atoms with Crippen LogP contribution in [-0.4, -0.2) is 49.7 Å². The molecule has 0 atom stereocenters. The minimum absolute atomic E-state index is 0.000473. The fraction of sp³-hybridized carbons (Fsp3) is 0.429. The van der Waals surface area contributed by atoms with Gasteiger partial charge in [0.25, 0.3) is 0 Å². The van der Waals surface area contributed by atoms with Gasteiger partial charge in [0.2, 0.25) is 5.91 Å². The van der Waals surface area contributed by atoms with E-state index in [1.807, 2.05) is 12.3 Å². The summed E-state index contributed by atoms with van der Waals surface area (Å²) in [6.07, 6.45) is 7.00. The molecule has 1 saturated heterocycles. The molecule has 164 valence electrons. The van der Waals surface area contributed by atoms with E-state index in [1.165, 1.54) is 6.33 Å². The minimum Gasteiger partial charge on any atom is -0.447 e. The average Bonchev–Trinajstić information content (AvgIpc) is 3.72. The van der Waals surface area contributed by atoms with Crippen molar-refractivity contribution in [2.45, 2.75) is 38.1 Å². The van der Waals surface area contributed by atoms with Crippen molar-refractivity contribution in [1.29, 1.82) is 0 Å². The van der Waals surface area contributed by atoms with Crippen molar-refractivity contribution in [1.82, 2.24) is 24.6 Å². The molecule has 0 radical (unpaired) electrons. The molecular weight excluding hydrogens is 412 g/mol. The monoisotopic (exact) mass is 434 g/mol. The van der Waals surface area contributed by atoms with Crippen LogP contribution in [0.5, 0.6) is 0 Å². The second-order valence-corrected chi connectivity index (χ2v) is 8.40. The summed E-state index contributed by atoms with van der Waals surface area (Å²) in [7, 11) is 0. The molecule has 32 heavy (non-hydrogen) atoms. The topological polar surface area (TPSA) is 127 Å². The first-order chi connectivity index (χ1) is 15.6. The molecule has 0 unspecified atom stereocenters. The van der Waals surface area contributed by atoms with Crippen molar-refractivity contribution in [2.24, 2.45) is 5.92 Å². The highest BCUT2D eigenvalue weighted by atomic mass is 16.6. The first-order valence-corrected chi connectivity index (χ1v) is 10.8. The van der Waals surface area contributed by atoms with Crippen molar-refractivity contribution in [2.75, 3.05) is 28.7 Å². The zero-order valence-corrected chi connectivity index (χ0v) is 17.3. The number of nitrogens with one attached hydrogen (secondary N) is 2. The van der Waals surface area contributed by atoms with Crippen molar-refractivity contribution in [3.8, 4) is 0 Å². The summed E-state index contributed by atoms with van der Waals surface area (Å²) in [5.41, 5.74) is 3.06. The van der Waals surface area contributed by atoms with E-state index < -0.39 is 0 Å². The van der Waals surface area contributed by atoms with E-state index in [9.17, 15) is 9.59 Å². The Bertz CT molecular complexity index is 1220. The molecule has 11 heteroatoms. The molecule has 0 aromatic carbocycles. The molecule has 2 N–H and O–H groups in total. The molecule has 0 bridgehead atoms. The molecule has 2 amide bonds. The number of imidazole rings is 1. The Morgan fingerprint density at radius 3 is 2.75 bits per heavy atom. The highest BCUT2D eigenvalue weighted by Gasteiger charge is 2.31. The van der Waals surface area contributed by atoms with Crippen LogP contribution in [0.25, 0.3) is 5.65 Å². The molecule has 3 aliphatic rings. The molecule has 3 aromatic heterocycles. The van der Waals surface area contributed by atoms with Gasteiger partial charge in [0.1, 0.15) is 24.6 Å². The largest absolute Gasteiger partial charge is 0.447 e. The molecule has 0 spiro atoms. The van der Waals surface area contributed by atoms with Gasteiger partial charge in [-0.2, -0.15) is 5.10 Å². The van der Waals surface area contributed by atoms with Crippen LogP contribution in [0.4, 0.5) is 22.1 Å². The zero-order chi connectivity index (χ0) is 21.7. The highest BCUT2D eigenvalue weighted by molar-refractivity contribution is 5.94. The van der Waals surface area contributed by atoms with Crippen LogP contribution < -0.4 is 15.5 Å². The highest BCUT2D eigenvalue weighted by Crippen LogP contribution is 2.40. The number of carbonyl (C=O) groups is 2. The molecule has 3 aromatic rings. The van der Waals surface area contributed by atoms with E-state index in [2.05, 4.69) is 20.6 Å². The molecule has 11 nitrogen and oxygen atoms in total. The Morgan fingerprint density at radius 1 is 1.16 bits per heavy atom. The van der Waals surface area contributed by atoms with Gasteiger partial charge >= 0.3 is 6.09 Å². The predicted molar refractivity (Wildman–Crippen MR) is 114 cm³/mol. The number of hydrogen-bond donors (Lipinski definition) is 2. The zero-order valence-electron chi connectivity index (χ0n) is 17.3. The van der Waals surface area contributed by atoms with E-state index >= 15 is 0 Å². The van der Waals surface area contributed by atoms with Crippen LogP contribution in [0.3, 0.4) is 0 Å². The number of hydrogen-bond acceptors (Lipinski definition) is 8. The second kappa shape index (κ2) is 7.43. The summed E-state index contributed by atoms with van der Waals surface area (Å²) in [5.74, 6) is 1.60. The lowest BCUT2D eigenvalue weighted by Gasteiger charge is -2.14. The number of cyclic esters (lactones) is 1. The van der Waals surface area contributed by atoms with Crippen LogP contribution in [0.1, 0.15) is 43.0 Å². The molecular formula is C21H22N8O3. The Hall–Kier alpha value is -3.76. The van der Waals surface area contributed by atoms with Crippen LogP contribution in [-0.2, 0) is 16.1 Å². The maximum Gasteiger partial charge on any atom is 0.414 e. The van der Waals surface area contributed by atoms with Gasteiger partial charge in [-0.05, 0) is 31.7 Å². The Kier molecular flexibility index (Phi) is 4.40. The lowest BCUT2D eigenvalue weighted by molar-refractivity contribution is -0.117. The summed E-state index contributed by atoms with van der Waals surface area (Å²) in [5, 5.41) is 10.8. The summed E-state index contributed by atoms with van der Waals surface area (Å²) >= 11 is 0. The SMILES string of the molecule is O=C(Nc1cc(NCc2cn3nc(C4CC4)cc(N4CCOC4=O)c3n2)ncn1)C1CC1. The summed E-state index contributed by atoms with van der Waals surface area (Å²) in [4.78, 5) is 38.8. The normalized spacial score (nSPS) is 18.1. The first kappa shape index (κ1) is 19.0. The number of anilines is 3. The molecule has 1 aliphatic heterocycles. The van der Waals surface area contributed by atoms with Crippen LogP contribution in [0, 0.1) is 5.92 Å². The van der Waals surface area contributed by atoms with E-state index in [0.29, 0.717) is 42.9 Å². The third-order valence-corrected chi connectivity index (χ3v) is 5.84. The van der Waals surface area contributed by atoms with Crippen molar-refractivity contribution >= 4 is 35.0 Å². The van der Waals surface area contributed by atoms with Gasteiger partial charge in [0, 0.05) is 17.9 Å². The van der Waals surface area contributed by atoms with Gasteiger partial charge in [-0.15, -0.1) is 0 Å². The maximum atomic E-state index is 12.2. The van der Waals surface area contributed by atoms with Gasteiger partial charge < -0.3 is 15.4 Å². The fourth-order valence-corrected chi connectivity index (χ4v) is 3.78. The van der Waals surface area contributed by atoms with Gasteiger partial charge in [-0.3, -0.25) is 9.69 Å². The number of carbonyl (C=O) groups excluding carboxylic acids is 2. The van der Waals surface area contributed by atoms with Gasteiger partial charge in [-0.1, -0.05) is 0 Å². The number of ether oxygens (including phenoxy) is 1. The Balaban J connectivity index is 1.23. The summed E-state index contributed by atoms with van der Waals surface area (Å²) in [6, 6.07) is 3.66. The molecule has 2 aliphatic carbocycles. The van der Waals surface area contributed by atoms with E-state index in [0.717, 1.165) is 42.8 Å². The van der Waals surface area contributed by atoms with Crippen LogP contribution in [0.15, 0.2) is 24.7 Å². The van der Waals surface area contributed by atoms with Crippen LogP contribution >= 0.6 is 0 Å². The third kappa shape index (κ3) is 3.70. The number of rotatable bonds is 7. The molecule has 4 heterocycles. The summed E-state index contributed by atoms with van der Waals surface area (Å²) in [6.45, 7) is 1.27. The van der Waals surface area contributed by atoms with Gasteiger partial charge in [-0.25, -0.2) is 24.3 Å².